The van der Waals surface area contributed by atoms with Gasteiger partial charge in [0.05, 0.1) is 0 Å². The van der Waals surface area contributed by atoms with Gasteiger partial charge in [0.2, 0.25) is 0 Å². The standard InChI is InChI=1S/C15H20BrNO2/c1-14(2)9-5-6-10-15(14,13(18)19)17-12-8-4-3-7-11(12)16/h3-4,7-8,17H,5-6,9-10H2,1-2H3,(H,18,19). The quantitative estimate of drug-likeness (QED) is 0.871. The summed E-state index contributed by atoms with van der Waals surface area (Å²) >= 11 is 3.48. The summed E-state index contributed by atoms with van der Waals surface area (Å²) in [5.74, 6) is -0.757. The van der Waals surface area contributed by atoms with Gasteiger partial charge >= 0.3 is 5.97 Å². The van der Waals surface area contributed by atoms with Gasteiger partial charge in [-0.25, -0.2) is 4.79 Å². The van der Waals surface area contributed by atoms with Gasteiger partial charge in [-0.1, -0.05) is 38.8 Å². The van der Waals surface area contributed by atoms with Crippen LogP contribution in [0.5, 0.6) is 0 Å². The summed E-state index contributed by atoms with van der Waals surface area (Å²) in [7, 11) is 0. The molecule has 0 spiro atoms. The third-order valence-electron chi connectivity index (χ3n) is 4.35. The molecule has 1 aliphatic rings. The van der Waals surface area contributed by atoms with E-state index in [0.29, 0.717) is 6.42 Å². The van der Waals surface area contributed by atoms with Crippen LogP contribution in [0.3, 0.4) is 0 Å². The normalized spacial score (nSPS) is 25.8. The zero-order valence-electron chi connectivity index (χ0n) is 11.4. The van der Waals surface area contributed by atoms with E-state index in [9.17, 15) is 9.90 Å². The Balaban J connectivity index is 2.41. The van der Waals surface area contributed by atoms with Gasteiger partial charge in [0.15, 0.2) is 0 Å². The van der Waals surface area contributed by atoms with Gasteiger partial charge in [-0.15, -0.1) is 0 Å². The molecule has 19 heavy (non-hydrogen) atoms. The second-order valence-corrected chi connectivity index (χ2v) is 6.76. The molecule has 1 atom stereocenters. The number of anilines is 1. The number of carboxylic acids is 1. The van der Waals surface area contributed by atoms with Gasteiger partial charge in [-0.2, -0.15) is 0 Å². The van der Waals surface area contributed by atoms with Crippen LogP contribution in [0.4, 0.5) is 5.69 Å². The lowest BCUT2D eigenvalue weighted by Crippen LogP contribution is -2.59. The molecule has 0 aromatic heterocycles. The average molecular weight is 326 g/mol. The molecule has 3 nitrogen and oxygen atoms in total. The van der Waals surface area contributed by atoms with E-state index in [1.807, 2.05) is 38.1 Å². The molecular weight excluding hydrogens is 306 g/mol. The zero-order valence-corrected chi connectivity index (χ0v) is 13.0. The molecule has 0 heterocycles. The smallest absolute Gasteiger partial charge is 0.329 e. The van der Waals surface area contributed by atoms with E-state index in [2.05, 4.69) is 21.2 Å². The van der Waals surface area contributed by atoms with Gasteiger partial charge < -0.3 is 10.4 Å². The van der Waals surface area contributed by atoms with Crippen molar-refractivity contribution in [2.45, 2.75) is 45.1 Å². The predicted molar refractivity (Wildman–Crippen MR) is 80.4 cm³/mol. The molecule has 0 aliphatic heterocycles. The summed E-state index contributed by atoms with van der Waals surface area (Å²) in [5, 5.41) is 13.1. The minimum Gasteiger partial charge on any atom is -0.479 e. The first-order valence-electron chi connectivity index (χ1n) is 6.65. The van der Waals surface area contributed by atoms with Crippen molar-refractivity contribution in [1.29, 1.82) is 0 Å². The lowest BCUT2D eigenvalue weighted by Gasteiger charge is -2.48. The highest BCUT2D eigenvalue weighted by atomic mass is 79.9. The molecule has 0 amide bonds. The van der Waals surface area contributed by atoms with Crippen LogP contribution < -0.4 is 5.32 Å². The maximum absolute atomic E-state index is 11.9. The highest BCUT2D eigenvalue weighted by Crippen LogP contribution is 2.46. The Labute approximate surface area is 122 Å². The van der Waals surface area contributed by atoms with Gasteiger partial charge in [-0.05, 0) is 46.3 Å². The second-order valence-electron chi connectivity index (χ2n) is 5.91. The van der Waals surface area contributed by atoms with Crippen LogP contribution in [0.25, 0.3) is 0 Å². The van der Waals surface area contributed by atoms with Crippen molar-refractivity contribution in [2.75, 3.05) is 5.32 Å². The molecule has 104 valence electrons. The van der Waals surface area contributed by atoms with Crippen LogP contribution in [0, 0.1) is 5.41 Å². The molecule has 1 unspecified atom stereocenters. The number of hydrogen-bond donors (Lipinski definition) is 2. The highest BCUT2D eigenvalue weighted by molar-refractivity contribution is 9.10. The maximum Gasteiger partial charge on any atom is 0.329 e. The van der Waals surface area contributed by atoms with E-state index >= 15 is 0 Å². The Morgan fingerprint density at radius 1 is 1.26 bits per heavy atom. The third-order valence-corrected chi connectivity index (χ3v) is 5.04. The Morgan fingerprint density at radius 3 is 2.47 bits per heavy atom. The molecule has 1 aliphatic carbocycles. The number of hydrogen-bond acceptors (Lipinski definition) is 2. The minimum atomic E-state index is -0.894. The highest BCUT2D eigenvalue weighted by Gasteiger charge is 2.52. The first-order chi connectivity index (χ1) is 8.89. The van der Waals surface area contributed by atoms with Crippen LogP contribution in [0.1, 0.15) is 39.5 Å². The Hall–Kier alpha value is -1.03. The van der Waals surface area contributed by atoms with Crippen molar-refractivity contribution in [3.63, 3.8) is 0 Å². The average Bonchev–Trinajstić information content (AvgIpc) is 2.34. The molecule has 1 saturated carbocycles. The van der Waals surface area contributed by atoms with Crippen molar-refractivity contribution in [1.82, 2.24) is 0 Å². The number of aliphatic carboxylic acids is 1. The lowest BCUT2D eigenvalue weighted by atomic mass is 9.63. The predicted octanol–water partition coefficient (Wildman–Crippen LogP) is 4.28. The van der Waals surface area contributed by atoms with Crippen molar-refractivity contribution in [2.24, 2.45) is 5.41 Å². The van der Waals surface area contributed by atoms with Gasteiger partial charge in [-0.3, -0.25) is 0 Å². The van der Waals surface area contributed by atoms with Crippen molar-refractivity contribution < 1.29 is 9.90 Å². The van der Waals surface area contributed by atoms with E-state index in [0.717, 1.165) is 29.4 Å². The van der Waals surface area contributed by atoms with E-state index in [4.69, 9.17) is 0 Å². The van der Waals surface area contributed by atoms with E-state index in [1.54, 1.807) is 0 Å². The molecule has 2 rings (SSSR count). The first-order valence-corrected chi connectivity index (χ1v) is 7.44. The molecular formula is C15H20BrNO2. The van der Waals surface area contributed by atoms with E-state index in [1.165, 1.54) is 0 Å². The monoisotopic (exact) mass is 325 g/mol. The van der Waals surface area contributed by atoms with Crippen LogP contribution in [0.15, 0.2) is 28.7 Å². The number of carbonyl (C=O) groups is 1. The summed E-state index contributed by atoms with van der Waals surface area (Å²) in [6.45, 7) is 4.09. The molecule has 1 aromatic carbocycles. The number of nitrogens with one attached hydrogen (secondary N) is 1. The number of rotatable bonds is 3. The fourth-order valence-corrected chi connectivity index (χ4v) is 3.37. The van der Waals surface area contributed by atoms with Crippen LogP contribution in [-0.2, 0) is 4.79 Å². The van der Waals surface area contributed by atoms with Crippen molar-refractivity contribution in [3.05, 3.63) is 28.7 Å². The summed E-state index contributed by atoms with van der Waals surface area (Å²) < 4.78 is 0.900. The number of halogens is 1. The third kappa shape index (κ3) is 2.50. The summed E-state index contributed by atoms with van der Waals surface area (Å²) in [6.07, 6.45) is 3.64. The Morgan fingerprint density at radius 2 is 1.89 bits per heavy atom. The number of para-hydroxylation sites is 1. The maximum atomic E-state index is 11.9. The Kier molecular flexibility index (Phi) is 3.90. The number of carboxylic acid groups (broad SMARTS) is 1. The second kappa shape index (κ2) is 5.16. The zero-order chi connectivity index (χ0) is 14.1. The van der Waals surface area contributed by atoms with Crippen LogP contribution >= 0.6 is 15.9 Å². The van der Waals surface area contributed by atoms with Crippen LogP contribution in [-0.4, -0.2) is 16.6 Å². The molecule has 0 radical (unpaired) electrons. The summed E-state index contributed by atoms with van der Waals surface area (Å²) in [6, 6.07) is 7.68. The van der Waals surface area contributed by atoms with E-state index < -0.39 is 11.5 Å². The largest absolute Gasteiger partial charge is 0.479 e. The van der Waals surface area contributed by atoms with Gasteiger partial charge in [0.25, 0.3) is 0 Å². The summed E-state index contributed by atoms with van der Waals surface area (Å²) in [4.78, 5) is 11.9. The first kappa shape index (κ1) is 14.4. The van der Waals surface area contributed by atoms with Crippen molar-refractivity contribution >= 4 is 27.6 Å². The van der Waals surface area contributed by atoms with E-state index in [-0.39, 0.29) is 5.41 Å². The fourth-order valence-electron chi connectivity index (χ4n) is 2.98. The van der Waals surface area contributed by atoms with Crippen LogP contribution in [0.2, 0.25) is 0 Å². The molecule has 0 saturated heterocycles. The van der Waals surface area contributed by atoms with Gasteiger partial charge in [0, 0.05) is 10.2 Å². The minimum absolute atomic E-state index is 0.271. The Bertz CT molecular complexity index is 487. The molecule has 4 heteroatoms. The van der Waals surface area contributed by atoms with Gasteiger partial charge in [0.1, 0.15) is 5.54 Å². The molecule has 0 bridgehead atoms. The SMILES string of the molecule is CC1(C)CCCCC1(Nc1ccccc1Br)C(=O)O. The lowest BCUT2D eigenvalue weighted by molar-refractivity contribution is -0.148. The number of benzene rings is 1. The van der Waals surface area contributed by atoms with Crippen molar-refractivity contribution in [3.8, 4) is 0 Å². The molecule has 1 aromatic rings. The summed E-state index contributed by atoms with van der Waals surface area (Å²) in [5.41, 5.74) is -0.318. The molecule has 2 N–H and O–H groups in total. The topological polar surface area (TPSA) is 49.3 Å². The molecule has 1 fully saturated rings. The fraction of sp³-hybridized carbons (Fsp3) is 0.533.